The van der Waals surface area contributed by atoms with E-state index in [1.807, 2.05) is 25.8 Å². The summed E-state index contributed by atoms with van der Waals surface area (Å²) in [7, 11) is 1.89. The molecule has 2 aromatic heterocycles. The van der Waals surface area contributed by atoms with Gasteiger partial charge in [0.25, 0.3) is 5.95 Å². The van der Waals surface area contributed by atoms with E-state index in [1.54, 1.807) is 0 Å². The van der Waals surface area contributed by atoms with Crippen molar-refractivity contribution in [2.75, 3.05) is 11.9 Å². The van der Waals surface area contributed by atoms with Crippen molar-refractivity contribution in [2.24, 2.45) is 0 Å². The molecule has 2 heterocycles. The minimum atomic E-state index is 0.132. The van der Waals surface area contributed by atoms with Crippen LogP contribution in [0.15, 0.2) is 12.7 Å². The van der Waals surface area contributed by atoms with Crippen molar-refractivity contribution in [3.63, 3.8) is 0 Å². The van der Waals surface area contributed by atoms with Crippen molar-refractivity contribution >= 4 is 17.5 Å². The molecule has 0 amide bonds. The lowest BCUT2D eigenvalue weighted by Crippen LogP contribution is -2.28. The number of hydrogen-bond donors (Lipinski definition) is 0. The van der Waals surface area contributed by atoms with E-state index in [9.17, 15) is 0 Å². The average Bonchev–Trinajstić information content (AvgIpc) is 2.80. The molecule has 0 unspecified atom stereocenters. The van der Waals surface area contributed by atoms with Gasteiger partial charge in [0, 0.05) is 13.1 Å². The molecule has 0 saturated carbocycles. The normalized spacial score (nSPS) is 10.9. The Morgan fingerprint density at radius 2 is 2.06 bits per heavy atom. The number of hydrogen-bond acceptors (Lipinski definition) is 6. The molecule has 0 radical (unpaired) electrons. The molecule has 2 aromatic rings. The fourth-order valence-electron chi connectivity index (χ4n) is 1.13. The molecule has 0 aromatic carbocycles. The van der Waals surface area contributed by atoms with Crippen LogP contribution in [0.5, 0.6) is 0 Å². The number of anilines is 1. The molecular formula is C9H12ClN7. The van der Waals surface area contributed by atoms with Crippen LogP contribution in [0.1, 0.15) is 13.8 Å². The van der Waals surface area contributed by atoms with Gasteiger partial charge in [0.1, 0.15) is 12.7 Å². The van der Waals surface area contributed by atoms with Crippen molar-refractivity contribution in [1.82, 2.24) is 29.7 Å². The highest BCUT2D eigenvalue weighted by Crippen LogP contribution is 2.13. The summed E-state index contributed by atoms with van der Waals surface area (Å²) in [5.41, 5.74) is 0. The van der Waals surface area contributed by atoms with E-state index in [1.165, 1.54) is 17.3 Å². The fraction of sp³-hybridized carbons (Fsp3) is 0.444. The maximum absolute atomic E-state index is 5.87. The first kappa shape index (κ1) is 11.7. The molecule has 0 bridgehead atoms. The van der Waals surface area contributed by atoms with Gasteiger partial charge in [-0.25, -0.2) is 4.98 Å². The van der Waals surface area contributed by atoms with E-state index in [0.717, 1.165) is 0 Å². The van der Waals surface area contributed by atoms with Gasteiger partial charge >= 0.3 is 0 Å². The predicted molar refractivity (Wildman–Crippen MR) is 63.3 cm³/mol. The third-order valence-corrected chi connectivity index (χ3v) is 2.47. The van der Waals surface area contributed by atoms with Crippen LogP contribution in [0.4, 0.5) is 5.95 Å². The monoisotopic (exact) mass is 253 g/mol. The predicted octanol–water partition coefficient (Wildman–Crippen LogP) is 0.950. The van der Waals surface area contributed by atoms with Crippen LogP contribution >= 0.6 is 11.6 Å². The molecule has 0 fully saturated rings. The van der Waals surface area contributed by atoms with Gasteiger partial charge in [-0.1, -0.05) is 0 Å². The highest BCUT2D eigenvalue weighted by atomic mass is 35.5. The van der Waals surface area contributed by atoms with E-state index in [2.05, 4.69) is 25.0 Å². The lowest BCUT2D eigenvalue weighted by molar-refractivity contribution is 0.711. The van der Waals surface area contributed by atoms with E-state index in [-0.39, 0.29) is 11.3 Å². The Bertz CT molecular complexity index is 496. The minimum Gasteiger partial charge on any atom is -0.341 e. The second kappa shape index (κ2) is 4.62. The first-order valence-electron chi connectivity index (χ1n) is 5.07. The van der Waals surface area contributed by atoms with Crippen LogP contribution in [0.2, 0.25) is 5.28 Å². The summed E-state index contributed by atoms with van der Waals surface area (Å²) < 4.78 is 1.44. The quantitative estimate of drug-likeness (QED) is 0.811. The minimum absolute atomic E-state index is 0.132. The van der Waals surface area contributed by atoms with Crippen LogP contribution in [-0.4, -0.2) is 42.8 Å². The number of halogens is 1. The van der Waals surface area contributed by atoms with E-state index >= 15 is 0 Å². The fourth-order valence-corrected chi connectivity index (χ4v) is 1.28. The van der Waals surface area contributed by atoms with E-state index in [0.29, 0.717) is 11.9 Å². The number of aromatic nitrogens is 6. The van der Waals surface area contributed by atoms with Crippen molar-refractivity contribution in [1.29, 1.82) is 0 Å². The van der Waals surface area contributed by atoms with Gasteiger partial charge in [-0.3, -0.25) is 0 Å². The van der Waals surface area contributed by atoms with Crippen LogP contribution in [0, 0.1) is 0 Å². The Morgan fingerprint density at radius 1 is 1.29 bits per heavy atom. The molecule has 0 aliphatic carbocycles. The summed E-state index contributed by atoms with van der Waals surface area (Å²) in [5, 5.41) is 4.08. The van der Waals surface area contributed by atoms with E-state index < -0.39 is 0 Å². The zero-order chi connectivity index (χ0) is 12.4. The van der Waals surface area contributed by atoms with E-state index in [4.69, 9.17) is 11.6 Å². The standard InChI is InChI=1S/C9H12ClN7/c1-6(2)16(3)8-13-7(10)14-9(15-8)17-5-11-4-12-17/h4-6H,1-3H3. The topological polar surface area (TPSA) is 72.6 Å². The van der Waals surface area contributed by atoms with Crippen LogP contribution < -0.4 is 4.90 Å². The van der Waals surface area contributed by atoms with Gasteiger partial charge in [0.05, 0.1) is 0 Å². The molecule has 17 heavy (non-hydrogen) atoms. The second-order valence-electron chi connectivity index (χ2n) is 3.75. The van der Waals surface area contributed by atoms with Crippen molar-refractivity contribution in [3.8, 4) is 5.95 Å². The zero-order valence-corrected chi connectivity index (χ0v) is 10.5. The van der Waals surface area contributed by atoms with Gasteiger partial charge < -0.3 is 4.90 Å². The summed E-state index contributed by atoms with van der Waals surface area (Å²) in [4.78, 5) is 18.1. The third-order valence-electron chi connectivity index (χ3n) is 2.30. The molecule has 0 aliphatic heterocycles. The largest absolute Gasteiger partial charge is 0.341 e. The average molecular weight is 254 g/mol. The van der Waals surface area contributed by atoms with Crippen molar-refractivity contribution in [2.45, 2.75) is 19.9 Å². The lowest BCUT2D eigenvalue weighted by atomic mass is 10.4. The molecule has 0 N–H and O–H groups in total. The molecule has 7 nitrogen and oxygen atoms in total. The van der Waals surface area contributed by atoms with Crippen LogP contribution in [0.25, 0.3) is 5.95 Å². The van der Waals surface area contributed by atoms with Gasteiger partial charge in [0.2, 0.25) is 11.2 Å². The summed E-state index contributed by atoms with van der Waals surface area (Å²) in [6, 6.07) is 0.261. The maximum atomic E-state index is 5.87. The molecular weight excluding hydrogens is 242 g/mol. The summed E-state index contributed by atoms with van der Waals surface area (Å²) in [6.45, 7) is 4.07. The Labute approximate surface area is 103 Å². The first-order valence-corrected chi connectivity index (χ1v) is 5.45. The maximum Gasteiger partial charge on any atom is 0.258 e. The summed E-state index contributed by atoms with van der Waals surface area (Å²) in [5.74, 6) is 0.857. The molecule has 90 valence electrons. The number of rotatable bonds is 3. The SMILES string of the molecule is CC(C)N(C)c1nc(Cl)nc(-n2cncn2)n1. The van der Waals surface area contributed by atoms with Gasteiger partial charge in [-0.2, -0.15) is 24.7 Å². The highest BCUT2D eigenvalue weighted by molar-refractivity contribution is 6.28. The molecule has 8 heteroatoms. The Kier molecular flexibility index (Phi) is 3.19. The van der Waals surface area contributed by atoms with Crippen LogP contribution in [0.3, 0.4) is 0 Å². The van der Waals surface area contributed by atoms with Crippen molar-refractivity contribution in [3.05, 3.63) is 17.9 Å². The smallest absolute Gasteiger partial charge is 0.258 e. The zero-order valence-electron chi connectivity index (χ0n) is 9.74. The molecule has 0 aliphatic rings. The second-order valence-corrected chi connectivity index (χ2v) is 4.09. The molecule has 0 atom stereocenters. The Balaban J connectivity index is 2.43. The molecule has 2 rings (SSSR count). The first-order chi connectivity index (χ1) is 8.08. The Hall–Kier alpha value is -1.76. The highest BCUT2D eigenvalue weighted by Gasteiger charge is 2.12. The Morgan fingerprint density at radius 3 is 2.65 bits per heavy atom. The molecule has 0 saturated heterocycles. The van der Waals surface area contributed by atoms with Gasteiger partial charge in [-0.15, -0.1) is 0 Å². The van der Waals surface area contributed by atoms with Crippen molar-refractivity contribution < 1.29 is 0 Å². The third kappa shape index (κ3) is 2.50. The summed E-state index contributed by atoms with van der Waals surface area (Å²) >= 11 is 5.87. The lowest BCUT2D eigenvalue weighted by Gasteiger charge is -2.21. The van der Waals surface area contributed by atoms with Gasteiger partial charge in [0.15, 0.2) is 0 Å². The van der Waals surface area contributed by atoms with Crippen LogP contribution in [-0.2, 0) is 0 Å². The number of nitrogens with zero attached hydrogens (tertiary/aromatic N) is 7. The summed E-state index contributed by atoms with van der Waals surface area (Å²) in [6.07, 6.45) is 2.91. The van der Waals surface area contributed by atoms with Gasteiger partial charge in [-0.05, 0) is 25.4 Å². The molecule has 0 spiro atoms.